The number of thiazole rings is 1. The summed E-state index contributed by atoms with van der Waals surface area (Å²) in [5.41, 5.74) is 3.80. The summed E-state index contributed by atoms with van der Waals surface area (Å²) in [5, 5.41) is 0. The molecular weight excluding hydrogens is 431 g/mol. The highest BCUT2D eigenvalue weighted by Gasteiger charge is 2.23. The number of hydrogen-bond acceptors (Lipinski definition) is 2. The molecule has 1 aromatic heterocycles. The van der Waals surface area contributed by atoms with Gasteiger partial charge in [-0.15, -0.1) is 11.3 Å². The molecule has 0 unspecified atom stereocenters. The third-order valence-electron chi connectivity index (χ3n) is 5.61. The molecule has 0 radical (unpaired) electrons. The van der Waals surface area contributed by atoms with Gasteiger partial charge in [0.2, 0.25) is 0 Å². The minimum Gasteiger partial charge on any atom is -0.316 e. The van der Waals surface area contributed by atoms with Crippen molar-refractivity contribution < 1.29 is 9.18 Å². The monoisotopic (exact) mass is 458 g/mol. The lowest BCUT2D eigenvalue weighted by Crippen LogP contribution is -2.20. The summed E-state index contributed by atoms with van der Waals surface area (Å²) < 4.78 is 15.6. The minimum absolute atomic E-state index is 0.190. The van der Waals surface area contributed by atoms with E-state index in [-0.39, 0.29) is 11.7 Å². The molecule has 4 aromatic rings. The van der Waals surface area contributed by atoms with Crippen molar-refractivity contribution in [3.05, 3.63) is 112 Å². The number of halogens is 1. The Morgan fingerprint density at radius 2 is 1.48 bits per heavy atom. The molecule has 4 rings (SSSR count). The van der Waals surface area contributed by atoms with E-state index in [4.69, 9.17) is 0 Å². The van der Waals surface area contributed by atoms with Gasteiger partial charge in [-0.2, -0.15) is 4.99 Å². The van der Waals surface area contributed by atoms with E-state index in [1.807, 2.05) is 67.6 Å². The Morgan fingerprint density at radius 1 is 0.909 bits per heavy atom. The van der Waals surface area contributed by atoms with Crippen LogP contribution in [0.25, 0.3) is 11.3 Å². The number of aromatic nitrogens is 1. The number of benzene rings is 3. The average molecular weight is 459 g/mol. The van der Waals surface area contributed by atoms with Crippen molar-refractivity contribution in [3.8, 4) is 11.3 Å². The van der Waals surface area contributed by atoms with Crippen molar-refractivity contribution in [2.45, 2.75) is 39.2 Å². The molecule has 0 saturated heterocycles. The van der Waals surface area contributed by atoms with E-state index >= 15 is 0 Å². The summed E-state index contributed by atoms with van der Waals surface area (Å²) >= 11 is 1.55. The molecule has 33 heavy (non-hydrogen) atoms. The summed E-state index contributed by atoms with van der Waals surface area (Å²) in [7, 11) is 0. The molecule has 3 aromatic carbocycles. The fraction of sp³-hybridized carbons (Fsp3) is 0.214. The fourth-order valence-electron chi connectivity index (χ4n) is 4.08. The molecular formula is C28H27FN2OS. The Balaban J connectivity index is 1.85. The van der Waals surface area contributed by atoms with Gasteiger partial charge in [-0.25, -0.2) is 4.39 Å². The van der Waals surface area contributed by atoms with Crippen LogP contribution < -0.4 is 4.80 Å². The molecule has 5 heteroatoms. The standard InChI is InChI=1S/C28H27FN2OS/c1-3-11-24-26(22-16-18-23(29)19-17-22)31(4-2)28(33-24)30-27(32)25(20-12-7-5-8-13-20)21-14-9-6-10-15-21/h5-10,12-19,25H,3-4,11H2,1-2H3. The van der Waals surface area contributed by atoms with Crippen molar-refractivity contribution >= 4 is 17.2 Å². The molecule has 0 saturated carbocycles. The zero-order valence-corrected chi connectivity index (χ0v) is 19.7. The van der Waals surface area contributed by atoms with Gasteiger partial charge in [0.1, 0.15) is 5.82 Å². The zero-order valence-electron chi connectivity index (χ0n) is 18.9. The normalized spacial score (nSPS) is 11.8. The third kappa shape index (κ3) is 5.04. The first-order valence-electron chi connectivity index (χ1n) is 11.3. The predicted octanol–water partition coefficient (Wildman–Crippen LogP) is 6.59. The van der Waals surface area contributed by atoms with E-state index in [9.17, 15) is 9.18 Å². The van der Waals surface area contributed by atoms with Gasteiger partial charge in [-0.05, 0) is 54.3 Å². The van der Waals surface area contributed by atoms with Crippen LogP contribution in [0.15, 0.2) is 89.9 Å². The molecule has 0 aliphatic carbocycles. The van der Waals surface area contributed by atoms with Crippen molar-refractivity contribution in [3.63, 3.8) is 0 Å². The van der Waals surface area contributed by atoms with Crippen molar-refractivity contribution in [2.24, 2.45) is 4.99 Å². The number of aryl methyl sites for hydroxylation is 1. The van der Waals surface area contributed by atoms with Crippen LogP contribution in [0.2, 0.25) is 0 Å². The smallest absolute Gasteiger partial charge is 0.260 e. The van der Waals surface area contributed by atoms with Crippen molar-refractivity contribution in [1.82, 2.24) is 4.57 Å². The zero-order chi connectivity index (χ0) is 23.2. The lowest BCUT2D eigenvalue weighted by Gasteiger charge is -2.14. The van der Waals surface area contributed by atoms with Gasteiger partial charge in [-0.1, -0.05) is 74.0 Å². The van der Waals surface area contributed by atoms with E-state index in [2.05, 4.69) is 16.5 Å². The highest BCUT2D eigenvalue weighted by molar-refractivity contribution is 7.09. The van der Waals surface area contributed by atoms with E-state index in [0.29, 0.717) is 11.3 Å². The fourth-order valence-corrected chi connectivity index (χ4v) is 5.40. The second kappa shape index (κ2) is 10.5. The predicted molar refractivity (Wildman–Crippen MR) is 133 cm³/mol. The summed E-state index contributed by atoms with van der Waals surface area (Å²) in [6, 6.07) is 26.1. The topological polar surface area (TPSA) is 34.4 Å². The molecule has 1 amide bonds. The summed E-state index contributed by atoms with van der Waals surface area (Å²) in [6.07, 6.45) is 1.85. The molecule has 0 spiro atoms. The Hall–Kier alpha value is -3.31. The van der Waals surface area contributed by atoms with Gasteiger partial charge in [0.15, 0.2) is 4.80 Å². The van der Waals surface area contributed by atoms with Crippen LogP contribution in [-0.2, 0) is 17.8 Å². The SMILES string of the molecule is CCCc1sc(=NC(=O)C(c2ccccc2)c2ccccc2)n(CC)c1-c1ccc(F)cc1. The third-order valence-corrected chi connectivity index (χ3v) is 6.75. The van der Waals surface area contributed by atoms with Crippen LogP contribution in [0, 0.1) is 5.82 Å². The minimum atomic E-state index is -0.469. The Bertz CT molecular complexity index is 1240. The molecule has 168 valence electrons. The van der Waals surface area contributed by atoms with Gasteiger partial charge in [0.05, 0.1) is 11.6 Å². The van der Waals surface area contributed by atoms with Crippen LogP contribution in [0.1, 0.15) is 42.2 Å². The molecule has 0 fully saturated rings. The maximum atomic E-state index is 13.6. The Kier molecular flexibility index (Phi) is 7.30. The van der Waals surface area contributed by atoms with Crippen molar-refractivity contribution in [2.75, 3.05) is 0 Å². The number of carbonyl (C=O) groups excluding carboxylic acids is 1. The number of amides is 1. The van der Waals surface area contributed by atoms with E-state index in [1.54, 1.807) is 23.5 Å². The molecule has 0 aliphatic heterocycles. The van der Waals surface area contributed by atoms with Crippen LogP contribution in [-0.4, -0.2) is 10.5 Å². The van der Waals surface area contributed by atoms with Crippen LogP contribution in [0.4, 0.5) is 4.39 Å². The van der Waals surface area contributed by atoms with Gasteiger partial charge in [0.25, 0.3) is 5.91 Å². The van der Waals surface area contributed by atoms with Gasteiger partial charge in [0, 0.05) is 11.4 Å². The van der Waals surface area contributed by atoms with Crippen LogP contribution in [0.5, 0.6) is 0 Å². The second-order valence-electron chi connectivity index (χ2n) is 7.86. The van der Waals surface area contributed by atoms with E-state index in [0.717, 1.165) is 40.1 Å². The van der Waals surface area contributed by atoms with Crippen LogP contribution in [0.3, 0.4) is 0 Å². The Labute approximate surface area is 197 Å². The highest BCUT2D eigenvalue weighted by Crippen LogP contribution is 2.29. The molecule has 0 bridgehead atoms. The van der Waals surface area contributed by atoms with Gasteiger partial charge >= 0.3 is 0 Å². The van der Waals surface area contributed by atoms with E-state index < -0.39 is 5.92 Å². The summed E-state index contributed by atoms with van der Waals surface area (Å²) in [6.45, 7) is 4.85. The molecule has 1 heterocycles. The van der Waals surface area contributed by atoms with E-state index in [1.165, 1.54) is 12.1 Å². The van der Waals surface area contributed by atoms with Crippen molar-refractivity contribution in [1.29, 1.82) is 0 Å². The first kappa shape index (κ1) is 22.9. The first-order valence-corrected chi connectivity index (χ1v) is 12.1. The number of nitrogens with zero attached hydrogens (tertiary/aromatic N) is 2. The second-order valence-corrected chi connectivity index (χ2v) is 8.92. The molecule has 0 N–H and O–H groups in total. The maximum absolute atomic E-state index is 13.6. The summed E-state index contributed by atoms with van der Waals surface area (Å²) in [5.74, 6) is -0.920. The van der Waals surface area contributed by atoms with Gasteiger partial charge in [-0.3, -0.25) is 4.79 Å². The van der Waals surface area contributed by atoms with Crippen LogP contribution >= 0.6 is 11.3 Å². The first-order chi connectivity index (χ1) is 16.1. The lowest BCUT2D eigenvalue weighted by atomic mass is 9.91. The number of hydrogen-bond donors (Lipinski definition) is 0. The maximum Gasteiger partial charge on any atom is 0.260 e. The lowest BCUT2D eigenvalue weighted by molar-refractivity contribution is -0.118. The largest absolute Gasteiger partial charge is 0.316 e. The number of carbonyl (C=O) groups is 1. The Morgan fingerprint density at radius 3 is 2.00 bits per heavy atom. The highest BCUT2D eigenvalue weighted by atomic mass is 32.1. The van der Waals surface area contributed by atoms with Gasteiger partial charge < -0.3 is 4.57 Å². The quantitative estimate of drug-likeness (QED) is 0.308. The molecule has 0 atom stereocenters. The summed E-state index contributed by atoms with van der Waals surface area (Å²) in [4.78, 5) is 20.1. The molecule has 0 aliphatic rings. The average Bonchev–Trinajstić information content (AvgIpc) is 3.18. The molecule has 3 nitrogen and oxygen atoms in total. The number of rotatable bonds is 7.